The van der Waals surface area contributed by atoms with Crippen LogP contribution < -0.4 is 4.90 Å². The Kier molecular flexibility index (Phi) is 6.55. The summed E-state index contributed by atoms with van der Waals surface area (Å²) in [5.41, 5.74) is 13.6. The van der Waals surface area contributed by atoms with Crippen molar-refractivity contribution >= 4 is 38.6 Å². The SMILES string of the molecule is CC1(C)c2ccccc2-c2ccc(N(c3ccc(-c4ccccc4)cc3-c3ccccc3)c3cc4ccccc4c4ccccc34)cc21. The van der Waals surface area contributed by atoms with E-state index in [9.17, 15) is 0 Å². The van der Waals surface area contributed by atoms with Crippen molar-refractivity contribution in [2.45, 2.75) is 19.3 Å². The molecule has 48 heavy (non-hydrogen) atoms. The number of anilines is 3. The van der Waals surface area contributed by atoms with Gasteiger partial charge >= 0.3 is 0 Å². The normalized spacial score (nSPS) is 13.0. The zero-order valence-electron chi connectivity index (χ0n) is 27.2. The molecular formula is C47H35N. The number of fused-ring (bicyclic) bond motifs is 6. The predicted octanol–water partition coefficient (Wildman–Crippen LogP) is 13.1. The lowest BCUT2D eigenvalue weighted by Crippen LogP contribution is -2.17. The van der Waals surface area contributed by atoms with E-state index in [4.69, 9.17) is 0 Å². The molecule has 1 aliphatic rings. The lowest BCUT2D eigenvalue weighted by molar-refractivity contribution is 0.660. The summed E-state index contributed by atoms with van der Waals surface area (Å²) in [6, 6.07) is 64.5. The first kappa shape index (κ1) is 28.3. The quantitative estimate of drug-likeness (QED) is 0.175. The second kappa shape index (κ2) is 11.1. The minimum atomic E-state index is -0.113. The third-order valence-corrected chi connectivity index (χ3v) is 10.2. The van der Waals surface area contributed by atoms with E-state index in [-0.39, 0.29) is 5.41 Å². The minimum Gasteiger partial charge on any atom is -0.309 e. The average Bonchev–Trinajstić information content (AvgIpc) is 3.38. The van der Waals surface area contributed by atoms with Crippen LogP contribution in [0.25, 0.3) is 54.9 Å². The summed E-state index contributed by atoms with van der Waals surface area (Å²) in [5, 5.41) is 4.98. The minimum absolute atomic E-state index is 0.113. The maximum atomic E-state index is 2.51. The molecule has 0 saturated carbocycles. The molecule has 0 fully saturated rings. The fraction of sp³-hybridized carbons (Fsp3) is 0.0638. The van der Waals surface area contributed by atoms with E-state index in [1.54, 1.807) is 0 Å². The smallest absolute Gasteiger partial charge is 0.0546 e. The lowest BCUT2D eigenvalue weighted by atomic mass is 9.82. The first-order valence-corrected chi connectivity index (χ1v) is 16.8. The zero-order chi connectivity index (χ0) is 32.2. The van der Waals surface area contributed by atoms with E-state index in [1.807, 2.05) is 0 Å². The Morgan fingerprint density at radius 3 is 1.79 bits per heavy atom. The summed E-state index contributed by atoms with van der Waals surface area (Å²) in [4.78, 5) is 2.51. The van der Waals surface area contributed by atoms with Gasteiger partial charge < -0.3 is 4.90 Å². The molecule has 0 N–H and O–H groups in total. The Hall–Kier alpha value is -5.92. The maximum absolute atomic E-state index is 2.51. The van der Waals surface area contributed by atoms with Crippen molar-refractivity contribution in [1.29, 1.82) is 0 Å². The van der Waals surface area contributed by atoms with E-state index in [2.05, 4.69) is 195 Å². The van der Waals surface area contributed by atoms with E-state index in [0.717, 1.165) is 11.4 Å². The van der Waals surface area contributed by atoms with Crippen molar-refractivity contribution in [3.8, 4) is 33.4 Å². The molecule has 0 aliphatic heterocycles. The van der Waals surface area contributed by atoms with Crippen molar-refractivity contribution < 1.29 is 0 Å². The molecule has 1 nitrogen and oxygen atoms in total. The molecule has 0 aromatic heterocycles. The van der Waals surface area contributed by atoms with Gasteiger partial charge in [0, 0.05) is 22.1 Å². The van der Waals surface area contributed by atoms with Gasteiger partial charge in [0.2, 0.25) is 0 Å². The molecule has 0 unspecified atom stereocenters. The fourth-order valence-corrected chi connectivity index (χ4v) is 7.85. The van der Waals surface area contributed by atoms with E-state index >= 15 is 0 Å². The van der Waals surface area contributed by atoms with Gasteiger partial charge in [-0.05, 0) is 85.4 Å². The highest BCUT2D eigenvalue weighted by Gasteiger charge is 2.36. The zero-order valence-corrected chi connectivity index (χ0v) is 27.2. The van der Waals surface area contributed by atoms with Crippen molar-refractivity contribution in [3.63, 3.8) is 0 Å². The molecule has 0 atom stereocenters. The summed E-state index contributed by atoms with van der Waals surface area (Å²) in [7, 11) is 0. The molecule has 1 heteroatoms. The predicted molar refractivity (Wildman–Crippen MR) is 205 cm³/mol. The molecular weight excluding hydrogens is 579 g/mol. The second-order valence-electron chi connectivity index (χ2n) is 13.4. The van der Waals surface area contributed by atoms with Crippen LogP contribution in [0.2, 0.25) is 0 Å². The van der Waals surface area contributed by atoms with Crippen molar-refractivity contribution in [2.75, 3.05) is 4.90 Å². The standard InChI is InChI=1S/C47H35N/c1-47(2)43-24-14-13-22-39(43)40-27-26-36(31-44(40)47)48(46-30-35-19-9-10-20-37(35)38-21-11-12-23-41(38)46)45-28-25-34(32-15-5-3-6-16-32)29-42(45)33-17-7-4-8-18-33/h3-31H,1-2H3. The molecule has 0 spiro atoms. The molecule has 0 saturated heterocycles. The van der Waals surface area contributed by atoms with Crippen LogP contribution in [0, 0.1) is 0 Å². The Balaban J connectivity index is 1.36. The van der Waals surface area contributed by atoms with Gasteiger partial charge in [0.15, 0.2) is 0 Å². The third-order valence-electron chi connectivity index (χ3n) is 10.2. The van der Waals surface area contributed by atoms with Crippen LogP contribution in [0.15, 0.2) is 176 Å². The number of benzene rings is 8. The van der Waals surface area contributed by atoms with Gasteiger partial charge in [0.05, 0.1) is 11.4 Å². The monoisotopic (exact) mass is 613 g/mol. The van der Waals surface area contributed by atoms with Gasteiger partial charge in [-0.3, -0.25) is 0 Å². The maximum Gasteiger partial charge on any atom is 0.0546 e. The van der Waals surface area contributed by atoms with Gasteiger partial charge in [-0.15, -0.1) is 0 Å². The molecule has 1 aliphatic carbocycles. The Morgan fingerprint density at radius 2 is 1.00 bits per heavy atom. The Bertz CT molecular complexity index is 2470. The number of rotatable bonds is 5. The van der Waals surface area contributed by atoms with Crippen LogP contribution >= 0.6 is 0 Å². The van der Waals surface area contributed by atoms with Gasteiger partial charge in [-0.2, -0.15) is 0 Å². The van der Waals surface area contributed by atoms with Crippen molar-refractivity contribution in [1.82, 2.24) is 0 Å². The van der Waals surface area contributed by atoms with Gasteiger partial charge in [-0.25, -0.2) is 0 Å². The highest BCUT2D eigenvalue weighted by molar-refractivity contribution is 6.15. The van der Waals surface area contributed by atoms with Crippen LogP contribution in [0.3, 0.4) is 0 Å². The molecule has 228 valence electrons. The Morgan fingerprint density at radius 1 is 0.375 bits per heavy atom. The van der Waals surface area contributed by atoms with Crippen LogP contribution in [0.5, 0.6) is 0 Å². The number of hydrogen-bond donors (Lipinski definition) is 0. The van der Waals surface area contributed by atoms with E-state index in [0.29, 0.717) is 0 Å². The molecule has 0 bridgehead atoms. The van der Waals surface area contributed by atoms with Crippen molar-refractivity contribution in [2.24, 2.45) is 0 Å². The Labute approximate surface area is 282 Å². The lowest BCUT2D eigenvalue weighted by Gasteiger charge is -2.31. The first-order valence-electron chi connectivity index (χ1n) is 16.8. The van der Waals surface area contributed by atoms with Crippen LogP contribution in [-0.2, 0) is 5.41 Å². The fourth-order valence-electron chi connectivity index (χ4n) is 7.85. The second-order valence-corrected chi connectivity index (χ2v) is 13.4. The largest absolute Gasteiger partial charge is 0.309 e. The summed E-state index contributed by atoms with van der Waals surface area (Å²) in [6.45, 7) is 4.72. The first-order chi connectivity index (χ1) is 23.6. The van der Waals surface area contributed by atoms with E-state index < -0.39 is 0 Å². The number of hydrogen-bond acceptors (Lipinski definition) is 1. The topological polar surface area (TPSA) is 3.24 Å². The molecule has 0 amide bonds. The molecule has 0 radical (unpaired) electrons. The van der Waals surface area contributed by atoms with E-state index in [1.165, 1.54) is 71.7 Å². The number of nitrogens with zero attached hydrogens (tertiary/aromatic N) is 1. The highest BCUT2D eigenvalue weighted by atomic mass is 15.1. The average molecular weight is 614 g/mol. The summed E-state index contributed by atoms with van der Waals surface area (Å²) in [6.07, 6.45) is 0. The van der Waals surface area contributed by atoms with Gasteiger partial charge in [0.25, 0.3) is 0 Å². The third kappa shape index (κ3) is 4.47. The molecule has 0 heterocycles. The molecule has 8 aromatic carbocycles. The summed E-state index contributed by atoms with van der Waals surface area (Å²) in [5.74, 6) is 0. The van der Waals surface area contributed by atoms with Gasteiger partial charge in [0.1, 0.15) is 0 Å². The summed E-state index contributed by atoms with van der Waals surface area (Å²) >= 11 is 0. The van der Waals surface area contributed by atoms with Crippen LogP contribution in [-0.4, -0.2) is 0 Å². The highest BCUT2D eigenvalue weighted by Crippen LogP contribution is 2.52. The van der Waals surface area contributed by atoms with Crippen LogP contribution in [0.4, 0.5) is 17.1 Å². The van der Waals surface area contributed by atoms with Crippen LogP contribution in [0.1, 0.15) is 25.0 Å². The molecule has 9 rings (SSSR count). The summed E-state index contributed by atoms with van der Waals surface area (Å²) < 4.78 is 0. The van der Waals surface area contributed by atoms with Crippen molar-refractivity contribution in [3.05, 3.63) is 187 Å². The molecule has 8 aromatic rings. The van der Waals surface area contributed by atoms with Gasteiger partial charge in [-0.1, -0.05) is 159 Å².